The molecule has 3 N–H and O–H groups in total. The lowest BCUT2D eigenvalue weighted by Crippen LogP contribution is -2.19. The maximum Gasteiger partial charge on any atom is 0.323 e. The molecule has 2 aromatic carbocycles. The van der Waals surface area contributed by atoms with E-state index in [9.17, 15) is 9.59 Å². The van der Waals surface area contributed by atoms with E-state index in [0.29, 0.717) is 28.5 Å². The van der Waals surface area contributed by atoms with Crippen LogP contribution in [0.25, 0.3) is 0 Å². The van der Waals surface area contributed by atoms with Crippen LogP contribution >= 0.6 is 0 Å². The highest BCUT2D eigenvalue weighted by atomic mass is 16.5. The maximum atomic E-state index is 12.2. The molecule has 3 rings (SSSR count). The molecule has 0 bridgehead atoms. The van der Waals surface area contributed by atoms with Crippen molar-refractivity contribution in [3.05, 3.63) is 71.6 Å². The summed E-state index contributed by atoms with van der Waals surface area (Å²) in [6, 6.07) is 15.7. The summed E-state index contributed by atoms with van der Waals surface area (Å²) in [6.07, 6.45) is 0.195. The topological polar surface area (TPSA) is 96.3 Å². The standard InChI is InChI=1S/C20H20N4O3/c1-13-18(14(2)27-24-13)12-19(25)21-16-8-10-17(11-9-16)23-20(26)22-15-6-4-3-5-7-15/h3-11H,12H2,1-2H3,(H,21,25)(H2,22,23,26). The Kier molecular flexibility index (Phi) is 5.51. The van der Waals surface area contributed by atoms with E-state index in [1.54, 1.807) is 50.2 Å². The van der Waals surface area contributed by atoms with Gasteiger partial charge in [0.2, 0.25) is 5.91 Å². The van der Waals surface area contributed by atoms with Crippen LogP contribution in [0, 0.1) is 13.8 Å². The van der Waals surface area contributed by atoms with E-state index >= 15 is 0 Å². The minimum absolute atomic E-state index is 0.160. The Morgan fingerprint density at radius 3 is 1.96 bits per heavy atom. The molecule has 0 aliphatic heterocycles. The molecule has 0 spiro atoms. The molecule has 0 saturated heterocycles. The molecule has 0 saturated carbocycles. The lowest BCUT2D eigenvalue weighted by molar-refractivity contribution is -0.115. The zero-order valence-electron chi connectivity index (χ0n) is 15.1. The van der Waals surface area contributed by atoms with Crippen molar-refractivity contribution >= 4 is 29.0 Å². The predicted molar refractivity (Wildman–Crippen MR) is 104 cm³/mol. The number of rotatable bonds is 5. The molecule has 0 atom stereocenters. The summed E-state index contributed by atoms with van der Waals surface area (Å²) in [5.41, 5.74) is 3.47. The molecule has 7 heteroatoms. The number of hydrogen-bond acceptors (Lipinski definition) is 4. The summed E-state index contributed by atoms with van der Waals surface area (Å²) < 4.78 is 5.07. The van der Waals surface area contributed by atoms with Crippen molar-refractivity contribution in [2.75, 3.05) is 16.0 Å². The predicted octanol–water partition coefficient (Wildman–Crippen LogP) is 4.12. The van der Waals surface area contributed by atoms with Crippen molar-refractivity contribution in [1.82, 2.24) is 5.16 Å². The number of benzene rings is 2. The summed E-state index contributed by atoms with van der Waals surface area (Å²) in [6.45, 7) is 3.59. The second-order valence-corrected chi connectivity index (χ2v) is 6.05. The highest BCUT2D eigenvalue weighted by Crippen LogP contribution is 2.17. The number of anilines is 3. The molecule has 3 amide bonds. The number of nitrogens with zero attached hydrogens (tertiary/aromatic N) is 1. The zero-order valence-corrected chi connectivity index (χ0v) is 15.1. The van der Waals surface area contributed by atoms with Gasteiger partial charge in [-0.1, -0.05) is 23.4 Å². The Bertz CT molecular complexity index is 914. The molecule has 0 fully saturated rings. The quantitative estimate of drug-likeness (QED) is 0.634. The Labute approximate surface area is 156 Å². The monoisotopic (exact) mass is 364 g/mol. The van der Waals surface area contributed by atoms with Gasteiger partial charge in [-0.3, -0.25) is 4.79 Å². The fourth-order valence-corrected chi connectivity index (χ4v) is 2.57. The Balaban J connectivity index is 1.54. The van der Waals surface area contributed by atoms with Gasteiger partial charge in [0.25, 0.3) is 0 Å². The highest BCUT2D eigenvalue weighted by molar-refractivity contribution is 6.00. The van der Waals surface area contributed by atoms with E-state index in [-0.39, 0.29) is 18.4 Å². The fourth-order valence-electron chi connectivity index (χ4n) is 2.57. The fraction of sp³-hybridized carbons (Fsp3) is 0.150. The summed E-state index contributed by atoms with van der Waals surface area (Å²) in [7, 11) is 0. The smallest absolute Gasteiger partial charge is 0.323 e. The molecule has 138 valence electrons. The van der Waals surface area contributed by atoms with Crippen LogP contribution in [0.2, 0.25) is 0 Å². The SMILES string of the molecule is Cc1noc(C)c1CC(=O)Nc1ccc(NC(=O)Nc2ccccc2)cc1. The van der Waals surface area contributed by atoms with Gasteiger partial charge in [-0.15, -0.1) is 0 Å². The zero-order chi connectivity index (χ0) is 19.2. The van der Waals surface area contributed by atoms with Gasteiger partial charge in [0.1, 0.15) is 5.76 Å². The van der Waals surface area contributed by atoms with Crippen molar-refractivity contribution in [1.29, 1.82) is 0 Å². The van der Waals surface area contributed by atoms with E-state index in [4.69, 9.17) is 4.52 Å². The summed E-state index contributed by atoms with van der Waals surface area (Å²) in [5.74, 6) is 0.485. The second-order valence-electron chi connectivity index (χ2n) is 6.05. The number of hydrogen-bond donors (Lipinski definition) is 3. The molecule has 27 heavy (non-hydrogen) atoms. The van der Waals surface area contributed by atoms with Gasteiger partial charge < -0.3 is 20.5 Å². The van der Waals surface area contributed by atoms with Gasteiger partial charge in [0.05, 0.1) is 12.1 Å². The van der Waals surface area contributed by atoms with Gasteiger partial charge in [0.15, 0.2) is 0 Å². The van der Waals surface area contributed by atoms with Crippen molar-refractivity contribution < 1.29 is 14.1 Å². The van der Waals surface area contributed by atoms with E-state index in [0.717, 1.165) is 5.56 Å². The van der Waals surface area contributed by atoms with Crippen LogP contribution in [0.3, 0.4) is 0 Å². The minimum atomic E-state index is -0.337. The average Bonchev–Trinajstić information content (AvgIpc) is 2.96. The van der Waals surface area contributed by atoms with Gasteiger partial charge in [-0.05, 0) is 50.2 Å². The van der Waals surface area contributed by atoms with Crippen LogP contribution < -0.4 is 16.0 Å². The largest absolute Gasteiger partial charge is 0.361 e. The molecule has 7 nitrogen and oxygen atoms in total. The van der Waals surface area contributed by atoms with Crippen molar-refractivity contribution in [2.45, 2.75) is 20.3 Å². The number of carbonyl (C=O) groups is 2. The number of carbonyl (C=O) groups excluding carboxylic acids is 2. The summed E-state index contributed by atoms with van der Waals surface area (Å²) in [4.78, 5) is 24.2. The number of nitrogens with one attached hydrogen (secondary N) is 3. The molecule has 0 unspecified atom stereocenters. The van der Waals surface area contributed by atoms with Crippen LogP contribution in [0.4, 0.5) is 21.9 Å². The third-order valence-electron chi connectivity index (χ3n) is 3.98. The Morgan fingerprint density at radius 1 is 0.852 bits per heavy atom. The third-order valence-corrected chi connectivity index (χ3v) is 3.98. The Morgan fingerprint density at radius 2 is 1.41 bits per heavy atom. The van der Waals surface area contributed by atoms with E-state index in [2.05, 4.69) is 21.1 Å². The maximum absolute atomic E-state index is 12.2. The van der Waals surface area contributed by atoms with Crippen molar-refractivity contribution in [2.24, 2.45) is 0 Å². The van der Waals surface area contributed by atoms with Crippen LogP contribution in [-0.2, 0) is 11.2 Å². The van der Waals surface area contributed by atoms with Crippen LogP contribution in [-0.4, -0.2) is 17.1 Å². The van der Waals surface area contributed by atoms with Crippen LogP contribution in [0.5, 0.6) is 0 Å². The minimum Gasteiger partial charge on any atom is -0.361 e. The van der Waals surface area contributed by atoms with Crippen molar-refractivity contribution in [3.63, 3.8) is 0 Å². The third kappa shape index (κ3) is 4.94. The molecule has 3 aromatic rings. The molecular weight excluding hydrogens is 344 g/mol. The number of para-hydroxylation sites is 1. The molecule has 0 radical (unpaired) electrons. The first-order valence-electron chi connectivity index (χ1n) is 8.46. The lowest BCUT2D eigenvalue weighted by atomic mass is 10.1. The van der Waals surface area contributed by atoms with Gasteiger partial charge >= 0.3 is 6.03 Å². The number of amides is 3. The van der Waals surface area contributed by atoms with Gasteiger partial charge in [-0.25, -0.2) is 4.79 Å². The number of aromatic nitrogens is 1. The first-order chi connectivity index (χ1) is 13.0. The van der Waals surface area contributed by atoms with Crippen LogP contribution in [0.15, 0.2) is 59.1 Å². The van der Waals surface area contributed by atoms with Gasteiger partial charge in [-0.2, -0.15) is 0 Å². The highest BCUT2D eigenvalue weighted by Gasteiger charge is 2.13. The lowest BCUT2D eigenvalue weighted by Gasteiger charge is -2.09. The number of aryl methyl sites for hydroxylation is 2. The van der Waals surface area contributed by atoms with E-state index in [1.807, 2.05) is 18.2 Å². The molecule has 1 heterocycles. The van der Waals surface area contributed by atoms with Crippen molar-refractivity contribution in [3.8, 4) is 0 Å². The summed E-state index contributed by atoms with van der Waals surface area (Å²) in [5, 5.41) is 12.1. The normalized spacial score (nSPS) is 10.3. The summed E-state index contributed by atoms with van der Waals surface area (Å²) >= 11 is 0. The molecule has 1 aromatic heterocycles. The van der Waals surface area contributed by atoms with Crippen LogP contribution in [0.1, 0.15) is 17.0 Å². The first kappa shape index (κ1) is 18.2. The van der Waals surface area contributed by atoms with Gasteiger partial charge in [0, 0.05) is 22.6 Å². The number of urea groups is 1. The molecule has 0 aliphatic carbocycles. The Hall–Kier alpha value is -3.61. The second kappa shape index (κ2) is 8.18. The van der Waals surface area contributed by atoms with E-state index in [1.165, 1.54) is 0 Å². The first-order valence-corrected chi connectivity index (χ1v) is 8.46. The molecule has 0 aliphatic rings. The average molecular weight is 364 g/mol. The van der Waals surface area contributed by atoms with E-state index < -0.39 is 0 Å². The molecular formula is C20H20N4O3.